The van der Waals surface area contributed by atoms with Crippen LogP contribution in [0.1, 0.15) is 22.4 Å². The van der Waals surface area contributed by atoms with Gasteiger partial charge in [-0.1, -0.05) is 53.0 Å². The zero-order valence-electron chi connectivity index (χ0n) is 17.2. The predicted molar refractivity (Wildman–Crippen MR) is 126 cm³/mol. The minimum absolute atomic E-state index is 0.0625. The predicted octanol–water partition coefficient (Wildman–Crippen LogP) is 4.10. The quantitative estimate of drug-likeness (QED) is 0.606. The molecule has 0 saturated carbocycles. The highest BCUT2D eigenvalue weighted by molar-refractivity contribution is 6.35. The van der Waals surface area contributed by atoms with Crippen LogP contribution in [0.3, 0.4) is 0 Å². The van der Waals surface area contributed by atoms with Gasteiger partial charge in [-0.15, -0.1) is 0 Å². The molecule has 0 saturated heterocycles. The maximum absolute atomic E-state index is 12.6. The van der Waals surface area contributed by atoms with Crippen molar-refractivity contribution in [2.45, 2.75) is 20.0 Å². The maximum atomic E-state index is 12.6. The number of halogens is 2. The van der Waals surface area contributed by atoms with E-state index in [0.29, 0.717) is 34.6 Å². The minimum Gasteiger partial charge on any atom is -0.355 e. The number of aromatic nitrogens is 2. The molecule has 0 fully saturated rings. The number of carbonyl (C=O) groups is 1. The summed E-state index contributed by atoms with van der Waals surface area (Å²) in [6.07, 6.45) is 1.90. The van der Waals surface area contributed by atoms with Crippen molar-refractivity contribution in [1.29, 1.82) is 0 Å². The molecule has 1 amide bonds. The Balaban J connectivity index is 1.54. The summed E-state index contributed by atoms with van der Waals surface area (Å²) in [5.74, 6) is 0.446. The first-order chi connectivity index (χ1) is 14.8. The molecule has 0 bridgehead atoms. The van der Waals surface area contributed by atoms with Crippen molar-refractivity contribution in [2.75, 3.05) is 18.5 Å². The van der Waals surface area contributed by atoms with Crippen LogP contribution in [0.2, 0.25) is 10.0 Å². The monoisotopic (exact) mass is 456 g/mol. The van der Waals surface area contributed by atoms with Crippen LogP contribution in [0.4, 0.5) is 5.82 Å². The summed E-state index contributed by atoms with van der Waals surface area (Å²) >= 11 is 12.3. The Kier molecular flexibility index (Phi) is 5.94. The molecular formula is C23H22Cl2N4O2. The first-order valence-electron chi connectivity index (χ1n) is 9.83. The lowest BCUT2D eigenvalue weighted by Crippen LogP contribution is -2.34. The van der Waals surface area contributed by atoms with E-state index in [-0.39, 0.29) is 18.1 Å². The number of nitrogens with zero attached hydrogens (tertiary/aromatic N) is 2. The van der Waals surface area contributed by atoms with Gasteiger partial charge in [0.1, 0.15) is 12.4 Å². The molecule has 1 aliphatic rings. The summed E-state index contributed by atoms with van der Waals surface area (Å²) in [4.78, 5) is 29.9. The number of carbonyl (C=O) groups excluding carboxylic acids is 1. The normalized spacial score (nSPS) is 13.0. The standard InChI is InChI=1S/C23H22Cl2N4O2/c1-14-3-5-15(6-4-14)11-26-21(30)13-29-22-20(27-23(29)31)9-17(12-28(22)2)16-7-18(24)10-19(25)8-16/h3-10H,11-13H2,1-2H3,(H,26,30)(H,27,31). The van der Waals surface area contributed by atoms with E-state index >= 15 is 0 Å². The molecule has 0 unspecified atom stereocenters. The minimum atomic E-state index is -0.330. The summed E-state index contributed by atoms with van der Waals surface area (Å²) in [6, 6.07) is 13.3. The van der Waals surface area contributed by atoms with Crippen molar-refractivity contribution < 1.29 is 4.79 Å². The Morgan fingerprint density at radius 1 is 1.13 bits per heavy atom. The van der Waals surface area contributed by atoms with E-state index in [4.69, 9.17) is 23.2 Å². The van der Waals surface area contributed by atoms with E-state index in [1.54, 1.807) is 6.07 Å². The van der Waals surface area contributed by atoms with Crippen LogP contribution in [0.15, 0.2) is 47.3 Å². The van der Waals surface area contributed by atoms with E-state index in [9.17, 15) is 9.59 Å². The average Bonchev–Trinajstić information content (AvgIpc) is 3.02. The van der Waals surface area contributed by atoms with Gasteiger partial charge in [0.15, 0.2) is 0 Å². The van der Waals surface area contributed by atoms with Crippen molar-refractivity contribution in [3.05, 3.63) is 85.4 Å². The number of rotatable bonds is 5. The van der Waals surface area contributed by atoms with Gasteiger partial charge < -0.3 is 15.2 Å². The molecule has 0 atom stereocenters. The third kappa shape index (κ3) is 4.70. The maximum Gasteiger partial charge on any atom is 0.328 e. The number of hydrogen-bond donors (Lipinski definition) is 2. The first-order valence-corrected chi connectivity index (χ1v) is 10.6. The molecule has 31 heavy (non-hydrogen) atoms. The molecule has 0 spiro atoms. The number of hydrogen-bond acceptors (Lipinski definition) is 3. The Labute approximate surface area is 190 Å². The van der Waals surface area contributed by atoms with Gasteiger partial charge in [0.2, 0.25) is 5.91 Å². The van der Waals surface area contributed by atoms with Crippen molar-refractivity contribution in [2.24, 2.45) is 0 Å². The van der Waals surface area contributed by atoms with Gasteiger partial charge in [-0.25, -0.2) is 4.79 Å². The molecule has 6 nitrogen and oxygen atoms in total. The number of imidazole rings is 1. The lowest BCUT2D eigenvalue weighted by Gasteiger charge is -2.27. The third-order valence-corrected chi connectivity index (χ3v) is 5.65. The van der Waals surface area contributed by atoms with Gasteiger partial charge in [0, 0.05) is 30.2 Å². The summed E-state index contributed by atoms with van der Waals surface area (Å²) in [5.41, 5.74) is 4.35. The molecular weight excluding hydrogens is 435 g/mol. The summed E-state index contributed by atoms with van der Waals surface area (Å²) < 4.78 is 1.46. The second-order valence-electron chi connectivity index (χ2n) is 7.70. The van der Waals surface area contributed by atoms with E-state index in [1.807, 2.05) is 61.3 Å². The Morgan fingerprint density at radius 2 is 1.81 bits per heavy atom. The van der Waals surface area contributed by atoms with Crippen molar-refractivity contribution in [1.82, 2.24) is 14.9 Å². The zero-order chi connectivity index (χ0) is 22.1. The summed E-state index contributed by atoms with van der Waals surface area (Å²) in [7, 11) is 1.88. The van der Waals surface area contributed by atoms with E-state index < -0.39 is 0 Å². The second-order valence-corrected chi connectivity index (χ2v) is 8.57. The third-order valence-electron chi connectivity index (χ3n) is 5.22. The van der Waals surface area contributed by atoms with Gasteiger partial charge in [-0.3, -0.25) is 9.36 Å². The van der Waals surface area contributed by atoms with Crippen LogP contribution in [0.25, 0.3) is 11.6 Å². The highest BCUT2D eigenvalue weighted by atomic mass is 35.5. The number of anilines is 1. The SMILES string of the molecule is Cc1ccc(CNC(=O)Cn2c3c([nH]c2=O)C=C(c2cc(Cl)cc(Cl)c2)CN3C)cc1. The average molecular weight is 457 g/mol. The fourth-order valence-corrected chi connectivity index (χ4v) is 4.24. The number of nitrogens with one attached hydrogen (secondary N) is 2. The number of aryl methyl sites for hydroxylation is 1. The highest BCUT2D eigenvalue weighted by Crippen LogP contribution is 2.32. The van der Waals surface area contributed by atoms with Crippen LogP contribution in [0, 0.1) is 6.92 Å². The fourth-order valence-electron chi connectivity index (χ4n) is 3.71. The number of amides is 1. The van der Waals surface area contributed by atoms with Gasteiger partial charge in [-0.05, 0) is 47.9 Å². The van der Waals surface area contributed by atoms with Crippen molar-refractivity contribution in [3.8, 4) is 0 Å². The number of H-pyrrole nitrogens is 1. The highest BCUT2D eigenvalue weighted by Gasteiger charge is 2.24. The molecule has 160 valence electrons. The van der Waals surface area contributed by atoms with Gasteiger partial charge >= 0.3 is 5.69 Å². The van der Waals surface area contributed by atoms with Crippen LogP contribution in [-0.2, 0) is 17.9 Å². The molecule has 1 aliphatic heterocycles. The molecule has 2 heterocycles. The van der Waals surface area contributed by atoms with Crippen LogP contribution in [0.5, 0.6) is 0 Å². The number of likely N-dealkylation sites (N-methyl/N-ethyl adjacent to an activating group) is 1. The Bertz CT molecular complexity index is 1210. The molecule has 2 aromatic carbocycles. The Morgan fingerprint density at radius 3 is 2.48 bits per heavy atom. The number of aromatic amines is 1. The van der Waals surface area contributed by atoms with Gasteiger partial charge in [-0.2, -0.15) is 0 Å². The smallest absolute Gasteiger partial charge is 0.328 e. The summed E-state index contributed by atoms with van der Waals surface area (Å²) in [5, 5.41) is 3.98. The number of benzene rings is 2. The van der Waals surface area contributed by atoms with Gasteiger partial charge in [0.05, 0.1) is 5.69 Å². The van der Waals surface area contributed by atoms with Crippen molar-refractivity contribution >= 4 is 46.6 Å². The number of fused-ring (bicyclic) bond motifs is 1. The topological polar surface area (TPSA) is 70.1 Å². The molecule has 2 N–H and O–H groups in total. The molecule has 4 rings (SSSR count). The van der Waals surface area contributed by atoms with Gasteiger partial charge in [0.25, 0.3) is 0 Å². The second kappa shape index (κ2) is 8.65. The van der Waals surface area contributed by atoms with E-state index in [0.717, 1.165) is 22.3 Å². The van der Waals surface area contributed by atoms with Crippen LogP contribution in [-0.4, -0.2) is 29.1 Å². The molecule has 3 aromatic rings. The largest absolute Gasteiger partial charge is 0.355 e. The first kappa shape index (κ1) is 21.3. The van der Waals surface area contributed by atoms with E-state index in [1.165, 1.54) is 4.57 Å². The van der Waals surface area contributed by atoms with Crippen LogP contribution >= 0.6 is 23.2 Å². The molecule has 0 radical (unpaired) electrons. The van der Waals surface area contributed by atoms with Crippen molar-refractivity contribution in [3.63, 3.8) is 0 Å². The van der Waals surface area contributed by atoms with E-state index in [2.05, 4.69) is 10.3 Å². The summed E-state index contributed by atoms with van der Waals surface area (Å²) in [6.45, 7) is 2.91. The molecule has 0 aliphatic carbocycles. The molecule has 1 aromatic heterocycles. The fraction of sp³-hybridized carbons (Fsp3) is 0.217. The zero-order valence-corrected chi connectivity index (χ0v) is 18.7. The lowest BCUT2D eigenvalue weighted by molar-refractivity contribution is -0.121. The van der Waals surface area contributed by atoms with Crippen LogP contribution < -0.4 is 15.9 Å². The Hall–Kier alpha value is -2.96. The molecule has 8 heteroatoms. The lowest BCUT2D eigenvalue weighted by atomic mass is 10.0.